The molecule has 4 atom stereocenters. The third-order valence-corrected chi connectivity index (χ3v) is 5.12. The summed E-state index contributed by atoms with van der Waals surface area (Å²) in [5, 5.41) is 9.48. The highest BCUT2D eigenvalue weighted by Gasteiger charge is 2.52. The van der Waals surface area contributed by atoms with Crippen molar-refractivity contribution in [3.05, 3.63) is 0 Å². The average Bonchev–Trinajstić information content (AvgIpc) is 2.39. The fourth-order valence-electron chi connectivity index (χ4n) is 4.19. The number of Topliss-reactive ketones (excluding diaryl/α,β-unsaturated/α-hetero) is 1. The second kappa shape index (κ2) is 6.33. The second-order valence-electron chi connectivity index (χ2n) is 6.17. The first-order valence-electron chi connectivity index (χ1n) is 7.38. The number of methoxy groups -OCH3 is 1. The van der Waals surface area contributed by atoms with Crippen molar-refractivity contribution in [2.24, 2.45) is 17.3 Å². The molecule has 0 saturated heterocycles. The first-order valence-corrected chi connectivity index (χ1v) is 7.38. The monoisotopic (exact) mass is 270 g/mol. The molecule has 0 amide bonds. The van der Waals surface area contributed by atoms with Crippen molar-refractivity contribution in [3.8, 4) is 0 Å². The van der Waals surface area contributed by atoms with Crippen molar-refractivity contribution in [1.29, 1.82) is 0 Å². The Morgan fingerprint density at radius 2 is 2.21 bits per heavy atom. The van der Waals surface area contributed by atoms with Crippen molar-refractivity contribution in [2.45, 2.75) is 51.6 Å². The van der Waals surface area contributed by atoms with Gasteiger partial charge >= 0.3 is 0 Å². The zero-order valence-electron chi connectivity index (χ0n) is 12.1. The second-order valence-corrected chi connectivity index (χ2v) is 6.17. The predicted molar refractivity (Wildman–Crippen MR) is 71.6 cm³/mol. The molecule has 4 heteroatoms. The molecule has 0 bridgehead atoms. The van der Waals surface area contributed by atoms with Gasteiger partial charge in [0.25, 0.3) is 0 Å². The number of carbonyl (C=O) groups excluding carboxylic acids is 1. The van der Waals surface area contributed by atoms with E-state index < -0.39 is 0 Å². The number of carbonyl (C=O) groups is 1. The van der Waals surface area contributed by atoms with Crippen molar-refractivity contribution < 1.29 is 19.4 Å². The van der Waals surface area contributed by atoms with Crippen LogP contribution in [-0.4, -0.2) is 37.5 Å². The molecule has 110 valence electrons. The summed E-state index contributed by atoms with van der Waals surface area (Å²) in [6.07, 6.45) is 5.58. The molecule has 0 unspecified atom stereocenters. The molecule has 0 aromatic rings. The molecular formula is C15H26O4. The molecule has 2 rings (SSSR count). The van der Waals surface area contributed by atoms with Gasteiger partial charge in [0.05, 0.1) is 6.10 Å². The van der Waals surface area contributed by atoms with Gasteiger partial charge in [-0.05, 0) is 31.6 Å². The molecule has 0 heterocycles. The van der Waals surface area contributed by atoms with Gasteiger partial charge in [-0.1, -0.05) is 13.3 Å². The maximum absolute atomic E-state index is 12.0. The Bertz CT molecular complexity index is 317. The van der Waals surface area contributed by atoms with E-state index in [1.54, 1.807) is 7.11 Å². The highest BCUT2D eigenvalue weighted by Crippen LogP contribution is 2.54. The van der Waals surface area contributed by atoms with Crippen LogP contribution >= 0.6 is 0 Å². The summed E-state index contributed by atoms with van der Waals surface area (Å²) >= 11 is 0. The van der Waals surface area contributed by atoms with Crippen LogP contribution in [0, 0.1) is 17.3 Å². The van der Waals surface area contributed by atoms with E-state index in [-0.39, 0.29) is 24.0 Å². The Morgan fingerprint density at radius 3 is 2.89 bits per heavy atom. The van der Waals surface area contributed by atoms with Crippen LogP contribution < -0.4 is 0 Å². The molecule has 0 aliphatic heterocycles. The minimum absolute atomic E-state index is 0.0289. The van der Waals surface area contributed by atoms with E-state index in [1.807, 2.05) is 6.92 Å². The van der Waals surface area contributed by atoms with Gasteiger partial charge in [-0.2, -0.15) is 0 Å². The van der Waals surface area contributed by atoms with Crippen LogP contribution in [0.5, 0.6) is 0 Å². The van der Waals surface area contributed by atoms with Gasteiger partial charge in [0.1, 0.15) is 12.6 Å². The van der Waals surface area contributed by atoms with Crippen molar-refractivity contribution in [3.63, 3.8) is 0 Å². The van der Waals surface area contributed by atoms with Gasteiger partial charge in [0, 0.05) is 31.5 Å². The highest BCUT2D eigenvalue weighted by molar-refractivity contribution is 5.82. The van der Waals surface area contributed by atoms with E-state index in [1.165, 1.54) is 0 Å². The molecule has 19 heavy (non-hydrogen) atoms. The van der Waals surface area contributed by atoms with E-state index in [0.717, 1.165) is 32.1 Å². The standard InChI is InChI=1S/C15H26O4/c1-11-9-15(6-7-16)12(8-13(11)17)4-3-5-14(15)19-10-18-2/h11-12,14,16H,3-10H2,1-2H3/t11-,12+,14+,15+/m1/s1. The van der Waals surface area contributed by atoms with Crippen molar-refractivity contribution >= 4 is 5.78 Å². The van der Waals surface area contributed by atoms with Crippen LogP contribution in [-0.2, 0) is 14.3 Å². The van der Waals surface area contributed by atoms with E-state index in [0.29, 0.717) is 24.9 Å². The highest BCUT2D eigenvalue weighted by atomic mass is 16.7. The van der Waals surface area contributed by atoms with Crippen LogP contribution in [0.1, 0.15) is 45.4 Å². The smallest absolute Gasteiger partial charge is 0.146 e. The first kappa shape index (κ1) is 14.9. The Balaban J connectivity index is 2.21. The fraction of sp³-hybridized carbons (Fsp3) is 0.933. The summed E-state index contributed by atoms with van der Waals surface area (Å²) in [6, 6.07) is 0. The lowest BCUT2D eigenvalue weighted by molar-refractivity contribution is -0.176. The number of hydrogen-bond donors (Lipinski definition) is 1. The number of fused-ring (bicyclic) bond motifs is 1. The molecule has 0 radical (unpaired) electrons. The maximum atomic E-state index is 12.0. The van der Waals surface area contributed by atoms with E-state index in [9.17, 15) is 9.90 Å². The van der Waals surface area contributed by atoms with Crippen LogP contribution in [0.3, 0.4) is 0 Å². The number of ketones is 1. The van der Waals surface area contributed by atoms with E-state index in [2.05, 4.69) is 0 Å². The molecule has 4 nitrogen and oxygen atoms in total. The minimum atomic E-state index is -0.0289. The largest absolute Gasteiger partial charge is 0.396 e. The quantitative estimate of drug-likeness (QED) is 0.778. The third-order valence-electron chi connectivity index (χ3n) is 5.12. The Labute approximate surface area is 115 Å². The minimum Gasteiger partial charge on any atom is -0.396 e. The number of rotatable bonds is 5. The van der Waals surface area contributed by atoms with Gasteiger partial charge < -0.3 is 14.6 Å². The first-order chi connectivity index (χ1) is 9.14. The normalized spacial score (nSPS) is 39.1. The summed E-state index contributed by atoms with van der Waals surface area (Å²) in [4.78, 5) is 12.0. The van der Waals surface area contributed by atoms with Crippen LogP contribution in [0.4, 0.5) is 0 Å². The Hall–Kier alpha value is -0.450. The lowest BCUT2D eigenvalue weighted by atomic mass is 9.54. The SMILES string of the molecule is COCO[C@H]1CCC[C@H]2CC(=O)[C@H](C)C[C@@]21CCO. The number of aliphatic hydroxyl groups is 1. The Morgan fingerprint density at radius 1 is 1.42 bits per heavy atom. The van der Waals surface area contributed by atoms with Gasteiger partial charge in [0.15, 0.2) is 0 Å². The van der Waals surface area contributed by atoms with Crippen LogP contribution in [0.15, 0.2) is 0 Å². The summed E-state index contributed by atoms with van der Waals surface area (Å²) in [5.74, 6) is 0.847. The number of hydrogen-bond acceptors (Lipinski definition) is 4. The molecule has 2 saturated carbocycles. The van der Waals surface area contributed by atoms with Crippen LogP contribution in [0.25, 0.3) is 0 Å². The lowest BCUT2D eigenvalue weighted by Gasteiger charge is -2.53. The van der Waals surface area contributed by atoms with E-state index in [4.69, 9.17) is 9.47 Å². The molecule has 0 aromatic carbocycles. The zero-order valence-corrected chi connectivity index (χ0v) is 12.1. The molecule has 0 spiro atoms. The summed E-state index contributed by atoms with van der Waals surface area (Å²) in [5.41, 5.74) is -0.0289. The lowest BCUT2D eigenvalue weighted by Crippen LogP contribution is -2.52. The topological polar surface area (TPSA) is 55.8 Å². The maximum Gasteiger partial charge on any atom is 0.146 e. The Kier molecular flexibility index (Phi) is 4.98. The van der Waals surface area contributed by atoms with Gasteiger partial charge in [-0.3, -0.25) is 4.79 Å². The average molecular weight is 270 g/mol. The van der Waals surface area contributed by atoms with Gasteiger partial charge in [-0.15, -0.1) is 0 Å². The summed E-state index contributed by atoms with van der Waals surface area (Å²) in [6.45, 7) is 2.48. The van der Waals surface area contributed by atoms with Crippen molar-refractivity contribution in [2.75, 3.05) is 20.5 Å². The molecular weight excluding hydrogens is 244 g/mol. The van der Waals surface area contributed by atoms with Gasteiger partial charge in [0.2, 0.25) is 0 Å². The summed E-state index contributed by atoms with van der Waals surface area (Å²) in [7, 11) is 1.63. The molecule has 2 aliphatic rings. The molecule has 0 aromatic heterocycles. The molecule has 2 aliphatic carbocycles. The molecule has 2 fully saturated rings. The number of aliphatic hydroxyl groups excluding tert-OH is 1. The van der Waals surface area contributed by atoms with E-state index >= 15 is 0 Å². The van der Waals surface area contributed by atoms with Crippen molar-refractivity contribution in [1.82, 2.24) is 0 Å². The zero-order chi connectivity index (χ0) is 13.9. The molecule has 1 N–H and O–H groups in total. The van der Waals surface area contributed by atoms with Gasteiger partial charge in [-0.25, -0.2) is 0 Å². The third kappa shape index (κ3) is 2.86. The summed E-state index contributed by atoms with van der Waals surface area (Å²) < 4.78 is 10.9. The fourth-order valence-corrected chi connectivity index (χ4v) is 4.19. The van der Waals surface area contributed by atoms with Crippen LogP contribution in [0.2, 0.25) is 0 Å². The predicted octanol–water partition coefficient (Wildman–Crippen LogP) is 2.14. The number of ether oxygens (including phenoxy) is 2.